The smallest absolute Gasteiger partial charge is 0.0136 e. The minimum atomic E-state index is 0.696. The average molecular weight is 224 g/mol. The van der Waals surface area contributed by atoms with Crippen LogP contribution in [0, 0.1) is 6.92 Å². The lowest BCUT2D eigenvalue weighted by Crippen LogP contribution is -1.87. The second-order valence-corrected chi connectivity index (χ2v) is 4.37. The van der Waals surface area contributed by atoms with Crippen molar-refractivity contribution in [2.24, 2.45) is 0 Å². The highest BCUT2D eigenvalue weighted by Crippen LogP contribution is 2.45. The summed E-state index contributed by atoms with van der Waals surface area (Å²) in [5, 5.41) is 0. The minimum absolute atomic E-state index is 0.696. The van der Waals surface area contributed by atoms with Crippen molar-refractivity contribution in [1.82, 2.24) is 0 Å². The molecule has 0 radical (unpaired) electrons. The third-order valence-electron chi connectivity index (χ3n) is 3.19. The minimum Gasteiger partial charge on any atom is -0.0683 e. The van der Waals surface area contributed by atoms with Crippen molar-refractivity contribution in [2.45, 2.75) is 33.1 Å². The molecule has 1 aliphatic rings. The number of rotatable bonds is 2. The van der Waals surface area contributed by atoms with Crippen LogP contribution in [0.4, 0.5) is 0 Å². The Kier molecular flexibility index (Phi) is 3.63. The predicted octanol–water partition coefficient (Wildman–Crippen LogP) is 4.71. The maximum atomic E-state index is 2.29. The summed E-state index contributed by atoms with van der Waals surface area (Å²) in [7, 11) is 0. The lowest BCUT2D eigenvalue weighted by molar-refractivity contribution is 0.946. The fraction of sp³-hybridized carbons (Fsp3) is 0.294. The molecule has 2 aromatic rings. The van der Waals surface area contributed by atoms with Crippen LogP contribution in [0.1, 0.15) is 42.0 Å². The van der Waals surface area contributed by atoms with E-state index in [4.69, 9.17) is 0 Å². The summed E-state index contributed by atoms with van der Waals surface area (Å²) < 4.78 is 0. The topological polar surface area (TPSA) is 0 Å². The molecule has 0 saturated heterocycles. The Morgan fingerprint density at radius 2 is 1.53 bits per heavy atom. The Hall–Kier alpha value is -1.56. The molecule has 0 N–H and O–H groups in total. The third-order valence-corrected chi connectivity index (χ3v) is 3.19. The second kappa shape index (κ2) is 5.18. The predicted molar refractivity (Wildman–Crippen MR) is 74.5 cm³/mol. The molecule has 0 unspecified atom stereocenters. The van der Waals surface area contributed by atoms with Crippen LogP contribution in [0.5, 0.6) is 0 Å². The maximum absolute atomic E-state index is 2.29. The number of aryl methyl sites for hydroxylation is 1. The van der Waals surface area contributed by atoms with Gasteiger partial charge in [-0.05, 0) is 30.0 Å². The molecule has 0 heterocycles. The fourth-order valence-electron chi connectivity index (χ4n) is 2.35. The first-order valence-electron chi connectivity index (χ1n) is 6.49. The normalized spacial score (nSPS) is 12.4. The summed E-state index contributed by atoms with van der Waals surface area (Å²) in [4.78, 5) is 0. The van der Waals surface area contributed by atoms with Crippen molar-refractivity contribution in [2.75, 3.05) is 0 Å². The van der Waals surface area contributed by atoms with Gasteiger partial charge >= 0.3 is 0 Å². The Morgan fingerprint density at radius 1 is 0.882 bits per heavy atom. The van der Waals surface area contributed by atoms with E-state index in [1.165, 1.54) is 17.5 Å². The molecule has 0 bridgehead atoms. The molecule has 2 aromatic carbocycles. The van der Waals surface area contributed by atoms with Crippen molar-refractivity contribution in [3.63, 3.8) is 0 Å². The van der Waals surface area contributed by atoms with Crippen LogP contribution in [-0.4, -0.2) is 0 Å². The lowest BCUT2D eigenvalue weighted by Gasteiger charge is -2.00. The number of fused-ring (bicyclic) bond motifs is 1. The van der Waals surface area contributed by atoms with E-state index in [0.29, 0.717) is 5.92 Å². The molecule has 0 aliphatic heterocycles. The van der Waals surface area contributed by atoms with Crippen LogP contribution < -0.4 is 0 Å². The second-order valence-electron chi connectivity index (χ2n) is 4.37. The number of hydrogen-bond acceptors (Lipinski definition) is 0. The van der Waals surface area contributed by atoms with E-state index in [9.17, 15) is 0 Å². The highest BCUT2D eigenvalue weighted by atomic mass is 14.3. The van der Waals surface area contributed by atoms with Gasteiger partial charge in [0.25, 0.3) is 0 Å². The van der Waals surface area contributed by atoms with Crippen LogP contribution in [0.2, 0.25) is 0 Å². The molecule has 0 fully saturated rings. The average Bonchev–Trinajstić information content (AvgIpc) is 3.06. The molecule has 0 nitrogen and oxygen atoms in total. The van der Waals surface area contributed by atoms with Gasteiger partial charge in [0.1, 0.15) is 0 Å². The monoisotopic (exact) mass is 224 g/mol. The van der Waals surface area contributed by atoms with Crippen molar-refractivity contribution < 1.29 is 0 Å². The fourth-order valence-corrected chi connectivity index (χ4v) is 2.35. The van der Waals surface area contributed by atoms with Crippen molar-refractivity contribution >= 4 is 0 Å². The van der Waals surface area contributed by atoms with Gasteiger partial charge in [0.2, 0.25) is 0 Å². The zero-order valence-corrected chi connectivity index (χ0v) is 10.9. The summed E-state index contributed by atoms with van der Waals surface area (Å²) >= 11 is 0. The first-order chi connectivity index (χ1) is 8.34. The highest BCUT2D eigenvalue weighted by Gasteiger charge is 2.31. The van der Waals surface area contributed by atoms with Gasteiger partial charge in [0, 0.05) is 5.92 Å². The van der Waals surface area contributed by atoms with Crippen LogP contribution >= 0.6 is 0 Å². The summed E-state index contributed by atoms with van der Waals surface area (Å²) in [6.07, 6.45) is 1.17. The van der Waals surface area contributed by atoms with Gasteiger partial charge in [-0.2, -0.15) is 0 Å². The van der Waals surface area contributed by atoms with Gasteiger partial charge in [-0.3, -0.25) is 0 Å². The molecular formula is C17H20. The highest BCUT2D eigenvalue weighted by molar-refractivity contribution is 5.53. The van der Waals surface area contributed by atoms with E-state index in [-0.39, 0.29) is 0 Å². The largest absolute Gasteiger partial charge is 0.0683 e. The maximum Gasteiger partial charge on any atom is 0.0136 e. The number of hydrogen-bond donors (Lipinski definition) is 0. The summed E-state index contributed by atoms with van der Waals surface area (Å²) in [6, 6.07) is 17.6. The third kappa shape index (κ3) is 2.58. The van der Waals surface area contributed by atoms with E-state index in [2.05, 4.69) is 55.5 Å². The van der Waals surface area contributed by atoms with Crippen LogP contribution in [0.3, 0.4) is 0 Å². The first-order valence-corrected chi connectivity index (χ1v) is 6.49. The summed E-state index contributed by atoms with van der Waals surface area (Å²) in [5.41, 5.74) is 5.89. The Morgan fingerprint density at radius 3 is 2.12 bits per heavy atom. The SMILES string of the molecule is CC.Cc1cccc(CC2c3ccccc32)c1. The molecule has 0 atom stereocenters. The van der Waals surface area contributed by atoms with Gasteiger partial charge in [-0.15, -0.1) is 0 Å². The summed E-state index contributed by atoms with van der Waals surface area (Å²) in [6.45, 7) is 6.16. The zero-order valence-electron chi connectivity index (χ0n) is 10.9. The van der Waals surface area contributed by atoms with Crippen molar-refractivity contribution in [3.05, 3.63) is 70.8 Å². The van der Waals surface area contributed by atoms with Crippen molar-refractivity contribution in [1.29, 1.82) is 0 Å². The van der Waals surface area contributed by atoms with E-state index in [1.54, 1.807) is 11.1 Å². The molecule has 3 rings (SSSR count). The Bertz CT molecular complexity index is 474. The summed E-state index contributed by atoms with van der Waals surface area (Å²) in [5.74, 6) is 0.696. The lowest BCUT2D eigenvalue weighted by atomic mass is 10.0. The van der Waals surface area contributed by atoms with Gasteiger partial charge in [-0.1, -0.05) is 67.9 Å². The molecule has 0 spiro atoms. The molecule has 1 aliphatic carbocycles. The molecule has 0 heteroatoms. The first kappa shape index (κ1) is 11.9. The van der Waals surface area contributed by atoms with E-state index < -0.39 is 0 Å². The quantitative estimate of drug-likeness (QED) is 0.693. The van der Waals surface area contributed by atoms with Gasteiger partial charge in [0.05, 0.1) is 0 Å². The Balaban J connectivity index is 0.000000514. The van der Waals surface area contributed by atoms with Gasteiger partial charge < -0.3 is 0 Å². The molecule has 88 valence electrons. The van der Waals surface area contributed by atoms with Crippen molar-refractivity contribution in [3.8, 4) is 0 Å². The van der Waals surface area contributed by atoms with Crippen LogP contribution in [0.25, 0.3) is 0 Å². The molecule has 0 saturated carbocycles. The van der Waals surface area contributed by atoms with Crippen LogP contribution in [-0.2, 0) is 6.42 Å². The van der Waals surface area contributed by atoms with Gasteiger partial charge in [-0.25, -0.2) is 0 Å². The van der Waals surface area contributed by atoms with Gasteiger partial charge in [0.15, 0.2) is 0 Å². The van der Waals surface area contributed by atoms with E-state index in [1.807, 2.05) is 13.8 Å². The van der Waals surface area contributed by atoms with E-state index >= 15 is 0 Å². The molecule has 0 aromatic heterocycles. The Labute approximate surface area is 104 Å². The molecule has 0 amide bonds. The van der Waals surface area contributed by atoms with E-state index in [0.717, 1.165) is 0 Å². The molecule has 17 heavy (non-hydrogen) atoms. The standard InChI is InChI=1S/C15H14.C2H6/c1-11-5-4-6-12(9-11)10-15-13-7-2-3-8-14(13)15;1-2/h2-9,15H,10H2,1H3;1-2H3. The van der Waals surface area contributed by atoms with Crippen LogP contribution in [0.15, 0.2) is 48.5 Å². The number of benzene rings is 2. The zero-order chi connectivity index (χ0) is 12.3. The molecular weight excluding hydrogens is 204 g/mol.